The van der Waals surface area contributed by atoms with E-state index in [2.05, 4.69) is 0 Å². The number of ether oxygens (including phenoxy) is 1. The minimum absolute atomic E-state index is 0.685. The van der Waals surface area contributed by atoms with Gasteiger partial charge in [0.05, 0.1) is 12.2 Å². The standard InChI is InChI=1S/C8H14O/c1-2-4-6-8-7(9-8)5-3-1/h7-8H,1-6H2/t7-,8-/m0/s1. The molecule has 0 amide bonds. The molecule has 0 bridgehead atoms. The van der Waals surface area contributed by atoms with E-state index in [1.807, 2.05) is 0 Å². The van der Waals surface area contributed by atoms with E-state index in [9.17, 15) is 0 Å². The topological polar surface area (TPSA) is 12.5 Å². The molecule has 2 rings (SSSR count). The summed E-state index contributed by atoms with van der Waals surface area (Å²) in [6.07, 6.45) is 9.73. The summed E-state index contributed by atoms with van der Waals surface area (Å²) in [5.41, 5.74) is 0. The molecule has 1 nitrogen and oxygen atoms in total. The molecule has 1 saturated heterocycles. The minimum atomic E-state index is 0.685. The van der Waals surface area contributed by atoms with E-state index < -0.39 is 0 Å². The van der Waals surface area contributed by atoms with Gasteiger partial charge in [0.1, 0.15) is 0 Å². The summed E-state index contributed by atoms with van der Waals surface area (Å²) in [4.78, 5) is 0. The van der Waals surface area contributed by atoms with Gasteiger partial charge < -0.3 is 4.74 Å². The van der Waals surface area contributed by atoms with Gasteiger partial charge in [-0.25, -0.2) is 0 Å². The Bertz CT molecular complexity index is 88.7. The van der Waals surface area contributed by atoms with Crippen molar-refractivity contribution in [1.29, 1.82) is 0 Å². The lowest BCUT2D eigenvalue weighted by Gasteiger charge is -2.01. The first-order valence-corrected chi connectivity index (χ1v) is 4.12. The Balaban J connectivity index is 1.81. The van der Waals surface area contributed by atoms with Crippen molar-refractivity contribution in [3.8, 4) is 0 Å². The maximum Gasteiger partial charge on any atom is 0.0841 e. The van der Waals surface area contributed by atoms with Crippen LogP contribution in [0.5, 0.6) is 0 Å². The van der Waals surface area contributed by atoms with E-state index in [4.69, 9.17) is 4.74 Å². The van der Waals surface area contributed by atoms with Crippen molar-refractivity contribution in [3.05, 3.63) is 0 Å². The van der Waals surface area contributed by atoms with Crippen molar-refractivity contribution >= 4 is 0 Å². The quantitative estimate of drug-likeness (QED) is 0.453. The van der Waals surface area contributed by atoms with Gasteiger partial charge in [-0.15, -0.1) is 0 Å². The van der Waals surface area contributed by atoms with Crippen molar-refractivity contribution in [3.63, 3.8) is 0 Å². The smallest absolute Gasteiger partial charge is 0.0841 e. The van der Waals surface area contributed by atoms with Crippen LogP contribution in [0, 0.1) is 0 Å². The van der Waals surface area contributed by atoms with Crippen LogP contribution in [0.4, 0.5) is 0 Å². The second-order valence-corrected chi connectivity index (χ2v) is 3.20. The Morgan fingerprint density at radius 1 is 0.778 bits per heavy atom. The highest BCUT2D eigenvalue weighted by Crippen LogP contribution is 2.33. The number of rotatable bonds is 0. The van der Waals surface area contributed by atoms with Gasteiger partial charge in [-0.3, -0.25) is 0 Å². The molecule has 0 aromatic carbocycles. The normalized spacial score (nSPS) is 42.7. The van der Waals surface area contributed by atoms with Crippen molar-refractivity contribution in [1.82, 2.24) is 0 Å². The SMILES string of the molecule is C1CCC[C@@H]2O[C@H]2CC1. The third-order valence-corrected chi connectivity index (χ3v) is 2.41. The monoisotopic (exact) mass is 126 g/mol. The fourth-order valence-electron chi connectivity index (χ4n) is 1.73. The highest BCUT2D eigenvalue weighted by atomic mass is 16.6. The summed E-state index contributed by atoms with van der Waals surface area (Å²) in [5.74, 6) is 0. The van der Waals surface area contributed by atoms with Crippen LogP contribution in [0.2, 0.25) is 0 Å². The Morgan fingerprint density at radius 2 is 1.33 bits per heavy atom. The molecule has 2 atom stereocenters. The van der Waals surface area contributed by atoms with Gasteiger partial charge >= 0.3 is 0 Å². The van der Waals surface area contributed by atoms with Gasteiger partial charge in [0.25, 0.3) is 0 Å². The lowest BCUT2D eigenvalue weighted by molar-refractivity contribution is 0.358. The maximum absolute atomic E-state index is 5.44. The molecule has 52 valence electrons. The lowest BCUT2D eigenvalue weighted by Crippen LogP contribution is -1.97. The summed E-state index contributed by atoms with van der Waals surface area (Å²) < 4.78 is 5.44. The molecule has 1 heterocycles. The first-order chi connectivity index (χ1) is 4.47. The summed E-state index contributed by atoms with van der Waals surface area (Å²) in [6, 6.07) is 0. The zero-order valence-electron chi connectivity index (χ0n) is 5.81. The van der Waals surface area contributed by atoms with E-state index in [1.54, 1.807) is 0 Å². The van der Waals surface area contributed by atoms with E-state index >= 15 is 0 Å². The fourth-order valence-corrected chi connectivity index (χ4v) is 1.73. The first-order valence-electron chi connectivity index (χ1n) is 4.12. The predicted molar refractivity (Wildman–Crippen MR) is 36.4 cm³/mol. The van der Waals surface area contributed by atoms with Crippen LogP contribution in [0.1, 0.15) is 38.5 Å². The molecular weight excluding hydrogens is 112 g/mol. The number of hydrogen-bond acceptors (Lipinski definition) is 1. The van der Waals surface area contributed by atoms with E-state index in [-0.39, 0.29) is 0 Å². The lowest BCUT2D eigenvalue weighted by atomic mass is 10.0. The molecular formula is C8H14O. The Labute approximate surface area is 56.4 Å². The van der Waals surface area contributed by atoms with E-state index in [0.29, 0.717) is 12.2 Å². The molecule has 2 fully saturated rings. The molecule has 0 N–H and O–H groups in total. The number of fused-ring (bicyclic) bond motifs is 1. The zero-order valence-corrected chi connectivity index (χ0v) is 5.81. The van der Waals surface area contributed by atoms with Crippen LogP contribution < -0.4 is 0 Å². The Kier molecular flexibility index (Phi) is 1.46. The average Bonchev–Trinajstić information content (AvgIpc) is 2.46. The molecule has 0 radical (unpaired) electrons. The van der Waals surface area contributed by atoms with Gasteiger partial charge in [-0.1, -0.05) is 25.7 Å². The van der Waals surface area contributed by atoms with Crippen molar-refractivity contribution in [2.75, 3.05) is 0 Å². The molecule has 9 heavy (non-hydrogen) atoms. The van der Waals surface area contributed by atoms with Gasteiger partial charge in [0, 0.05) is 0 Å². The zero-order chi connectivity index (χ0) is 6.10. The number of hydrogen-bond donors (Lipinski definition) is 0. The minimum Gasteiger partial charge on any atom is -0.370 e. The van der Waals surface area contributed by atoms with Gasteiger partial charge in [-0.2, -0.15) is 0 Å². The van der Waals surface area contributed by atoms with Crippen LogP contribution >= 0.6 is 0 Å². The molecule has 0 aromatic rings. The summed E-state index contributed by atoms with van der Waals surface area (Å²) in [7, 11) is 0. The summed E-state index contributed by atoms with van der Waals surface area (Å²) in [6.45, 7) is 0. The van der Waals surface area contributed by atoms with Crippen LogP contribution in [0.3, 0.4) is 0 Å². The summed E-state index contributed by atoms with van der Waals surface area (Å²) in [5, 5.41) is 0. The highest BCUT2D eigenvalue weighted by molar-refractivity contribution is 4.85. The van der Waals surface area contributed by atoms with Crippen LogP contribution in [-0.2, 0) is 4.74 Å². The van der Waals surface area contributed by atoms with Crippen molar-refractivity contribution < 1.29 is 4.74 Å². The maximum atomic E-state index is 5.44. The van der Waals surface area contributed by atoms with E-state index in [0.717, 1.165) is 0 Å². The van der Waals surface area contributed by atoms with E-state index in [1.165, 1.54) is 38.5 Å². The second kappa shape index (κ2) is 2.30. The Morgan fingerprint density at radius 3 is 1.89 bits per heavy atom. The molecule has 1 heteroatoms. The van der Waals surface area contributed by atoms with Crippen LogP contribution in [0.25, 0.3) is 0 Å². The molecule has 0 spiro atoms. The van der Waals surface area contributed by atoms with Crippen molar-refractivity contribution in [2.45, 2.75) is 50.7 Å². The molecule has 1 aliphatic carbocycles. The molecule has 1 aliphatic heterocycles. The first kappa shape index (κ1) is 5.72. The molecule has 0 aromatic heterocycles. The Hall–Kier alpha value is -0.0400. The third kappa shape index (κ3) is 1.26. The predicted octanol–water partition coefficient (Wildman–Crippen LogP) is 2.11. The van der Waals surface area contributed by atoms with Crippen LogP contribution in [-0.4, -0.2) is 12.2 Å². The van der Waals surface area contributed by atoms with Gasteiger partial charge in [-0.05, 0) is 12.8 Å². The van der Waals surface area contributed by atoms with Gasteiger partial charge in [0.15, 0.2) is 0 Å². The third-order valence-electron chi connectivity index (χ3n) is 2.41. The summed E-state index contributed by atoms with van der Waals surface area (Å²) >= 11 is 0. The fraction of sp³-hybridized carbons (Fsp3) is 1.00. The molecule has 1 saturated carbocycles. The second-order valence-electron chi connectivity index (χ2n) is 3.20. The van der Waals surface area contributed by atoms with Gasteiger partial charge in [0.2, 0.25) is 0 Å². The molecule has 2 aliphatic rings. The van der Waals surface area contributed by atoms with Crippen molar-refractivity contribution in [2.24, 2.45) is 0 Å². The highest BCUT2D eigenvalue weighted by Gasteiger charge is 2.37. The van der Waals surface area contributed by atoms with Crippen LogP contribution in [0.15, 0.2) is 0 Å². The largest absolute Gasteiger partial charge is 0.370 e. The molecule has 0 unspecified atom stereocenters. The number of epoxide rings is 1. The average molecular weight is 126 g/mol.